The van der Waals surface area contributed by atoms with Crippen molar-refractivity contribution in [3.05, 3.63) is 41.3 Å². The molecule has 1 aromatic carbocycles. The molecule has 0 saturated carbocycles. The van der Waals surface area contributed by atoms with Crippen molar-refractivity contribution in [1.29, 1.82) is 0 Å². The van der Waals surface area contributed by atoms with Gasteiger partial charge in [-0.2, -0.15) is 0 Å². The summed E-state index contributed by atoms with van der Waals surface area (Å²) in [6.07, 6.45) is 0.834. The molecule has 0 amide bonds. The Morgan fingerprint density at radius 1 is 1.15 bits per heavy atom. The Balaban J connectivity index is 1.52. The van der Waals surface area contributed by atoms with E-state index >= 15 is 0 Å². The normalized spacial score (nSPS) is 13.6. The number of nitrogens with zero attached hydrogens (tertiary/aromatic N) is 4. The molecule has 0 atom stereocenters. The molecule has 0 radical (unpaired) electrons. The Hall–Kier alpha value is -2.61. The van der Waals surface area contributed by atoms with Gasteiger partial charge in [0.1, 0.15) is 5.82 Å². The first-order valence-electron chi connectivity index (χ1n) is 8.37. The van der Waals surface area contributed by atoms with E-state index in [-0.39, 0.29) is 11.5 Å². The number of rotatable bonds is 4. The van der Waals surface area contributed by atoms with Crippen LogP contribution >= 0.6 is 11.8 Å². The quantitative estimate of drug-likeness (QED) is 0.516. The minimum Gasteiger partial charge on any atom is -0.490 e. The molecule has 0 fully saturated rings. The zero-order valence-corrected chi connectivity index (χ0v) is 15.4. The van der Waals surface area contributed by atoms with Gasteiger partial charge in [-0.15, -0.1) is 10.2 Å². The minimum atomic E-state index is 0.000112. The van der Waals surface area contributed by atoms with Crippen molar-refractivity contribution in [2.75, 3.05) is 19.0 Å². The van der Waals surface area contributed by atoms with E-state index in [1.165, 1.54) is 11.8 Å². The zero-order valence-electron chi connectivity index (χ0n) is 14.6. The van der Waals surface area contributed by atoms with Crippen molar-refractivity contribution in [3.63, 3.8) is 0 Å². The third-order valence-corrected chi connectivity index (χ3v) is 4.99. The van der Waals surface area contributed by atoms with Crippen molar-refractivity contribution < 1.29 is 14.3 Å². The number of carbonyl (C=O) groups is 1. The fourth-order valence-corrected chi connectivity index (χ4v) is 3.73. The number of fused-ring (bicyclic) bond motifs is 2. The average Bonchev–Trinajstić information content (AvgIpc) is 2.88. The standard InChI is InChI=1S/C18H18N4O3S/c1-11-8-17-20-21-18(22(17)12(2)19-11)26-10-14(23)13-4-5-15-16(9-13)25-7-3-6-24-15/h4-5,8-9H,3,6-7,10H2,1-2H3. The molecular formula is C18H18N4O3S. The van der Waals surface area contributed by atoms with Crippen molar-refractivity contribution in [2.45, 2.75) is 25.4 Å². The zero-order chi connectivity index (χ0) is 18.1. The lowest BCUT2D eigenvalue weighted by Crippen LogP contribution is -2.05. The maximum atomic E-state index is 12.6. The largest absolute Gasteiger partial charge is 0.490 e. The second-order valence-electron chi connectivity index (χ2n) is 6.04. The predicted octanol–water partition coefficient (Wildman–Crippen LogP) is 2.88. The average molecular weight is 370 g/mol. The molecule has 0 N–H and O–H groups in total. The van der Waals surface area contributed by atoms with E-state index in [0.29, 0.717) is 35.4 Å². The Morgan fingerprint density at radius 2 is 1.96 bits per heavy atom. The van der Waals surface area contributed by atoms with Crippen LogP contribution < -0.4 is 9.47 Å². The lowest BCUT2D eigenvalue weighted by atomic mass is 10.1. The third kappa shape index (κ3) is 3.24. The van der Waals surface area contributed by atoms with Crippen molar-refractivity contribution in [1.82, 2.24) is 19.6 Å². The van der Waals surface area contributed by atoms with E-state index in [1.54, 1.807) is 18.2 Å². The highest BCUT2D eigenvalue weighted by atomic mass is 32.2. The van der Waals surface area contributed by atoms with E-state index in [4.69, 9.17) is 9.47 Å². The van der Waals surface area contributed by atoms with Gasteiger partial charge < -0.3 is 9.47 Å². The van der Waals surface area contributed by atoms with Gasteiger partial charge in [-0.3, -0.25) is 9.20 Å². The molecule has 3 heterocycles. The van der Waals surface area contributed by atoms with E-state index in [0.717, 1.165) is 23.6 Å². The van der Waals surface area contributed by atoms with Gasteiger partial charge in [-0.05, 0) is 32.0 Å². The van der Waals surface area contributed by atoms with Crippen LogP contribution in [-0.2, 0) is 0 Å². The van der Waals surface area contributed by atoms with Crippen LogP contribution in [0, 0.1) is 13.8 Å². The molecular weight excluding hydrogens is 352 g/mol. The van der Waals surface area contributed by atoms with Gasteiger partial charge in [0.15, 0.2) is 28.1 Å². The summed E-state index contributed by atoms with van der Waals surface area (Å²) in [7, 11) is 0. The summed E-state index contributed by atoms with van der Waals surface area (Å²) in [4.78, 5) is 17.0. The molecule has 3 aromatic rings. The fourth-order valence-electron chi connectivity index (χ4n) is 2.85. The SMILES string of the molecule is Cc1cc2nnc(SCC(=O)c3ccc4c(c3)OCCCO4)n2c(C)n1. The van der Waals surface area contributed by atoms with Crippen LogP contribution in [0.15, 0.2) is 29.4 Å². The second kappa shape index (κ2) is 6.95. The smallest absolute Gasteiger partial charge is 0.197 e. The van der Waals surface area contributed by atoms with Crippen LogP contribution in [0.3, 0.4) is 0 Å². The first kappa shape index (κ1) is 16.8. The summed E-state index contributed by atoms with van der Waals surface area (Å²) in [6, 6.07) is 7.19. The molecule has 0 aliphatic carbocycles. The van der Waals surface area contributed by atoms with Gasteiger partial charge in [-0.25, -0.2) is 4.98 Å². The molecule has 26 heavy (non-hydrogen) atoms. The van der Waals surface area contributed by atoms with E-state index < -0.39 is 0 Å². The number of aromatic nitrogens is 4. The van der Waals surface area contributed by atoms with Crippen molar-refractivity contribution in [3.8, 4) is 11.5 Å². The molecule has 0 saturated heterocycles. The lowest BCUT2D eigenvalue weighted by molar-refractivity contribution is 0.102. The third-order valence-electron chi connectivity index (χ3n) is 4.06. The molecule has 1 aliphatic heterocycles. The van der Waals surface area contributed by atoms with Crippen LogP contribution in [0.25, 0.3) is 5.65 Å². The Morgan fingerprint density at radius 3 is 2.81 bits per heavy atom. The van der Waals surface area contributed by atoms with Gasteiger partial charge in [0, 0.05) is 23.7 Å². The van der Waals surface area contributed by atoms with Crippen LogP contribution in [0.2, 0.25) is 0 Å². The Bertz CT molecular complexity index is 986. The number of ketones is 1. The summed E-state index contributed by atoms with van der Waals surface area (Å²) >= 11 is 1.35. The number of carbonyl (C=O) groups excluding carboxylic acids is 1. The number of Topliss-reactive ketones (excluding diaryl/α,β-unsaturated/α-hetero) is 1. The van der Waals surface area contributed by atoms with Gasteiger partial charge in [0.25, 0.3) is 0 Å². The molecule has 7 nitrogen and oxygen atoms in total. The summed E-state index contributed by atoms with van der Waals surface area (Å²) in [6.45, 7) is 5.04. The molecule has 2 aromatic heterocycles. The van der Waals surface area contributed by atoms with Crippen LogP contribution in [0.5, 0.6) is 11.5 Å². The number of ether oxygens (including phenoxy) is 2. The number of hydrogen-bond donors (Lipinski definition) is 0. The summed E-state index contributed by atoms with van der Waals surface area (Å²) in [5.41, 5.74) is 2.23. The highest BCUT2D eigenvalue weighted by molar-refractivity contribution is 7.99. The minimum absolute atomic E-state index is 0.000112. The molecule has 4 rings (SSSR count). The molecule has 1 aliphatic rings. The van der Waals surface area contributed by atoms with E-state index in [2.05, 4.69) is 15.2 Å². The first-order valence-corrected chi connectivity index (χ1v) is 9.35. The number of hydrogen-bond acceptors (Lipinski definition) is 7. The van der Waals surface area contributed by atoms with E-state index in [9.17, 15) is 4.79 Å². The maximum absolute atomic E-state index is 12.6. The van der Waals surface area contributed by atoms with Crippen LogP contribution in [-0.4, -0.2) is 44.3 Å². The van der Waals surface area contributed by atoms with Crippen LogP contribution in [0.4, 0.5) is 0 Å². The highest BCUT2D eigenvalue weighted by Gasteiger charge is 2.16. The summed E-state index contributed by atoms with van der Waals surface area (Å²) in [5, 5.41) is 9.01. The highest BCUT2D eigenvalue weighted by Crippen LogP contribution is 2.31. The van der Waals surface area contributed by atoms with Gasteiger partial charge in [0.05, 0.1) is 19.0 Å². The number of benzene rings is 1. The first-order chi connectivity index (χ1) is 12.6. The molecule has 134 valence electrons. The number of aryl methyl sites for hydroxylation is 2. The van der Waals surface area contributed by atoms with Crippen LogP contribution in [0.1, 0.15) is 28.3 Å². The molecule has 0 bridgehead atoms. The topological polar surface area (TPSA) is 78.6 Å². The van der Waals surface area contributed by atoms with Crippen molar-refractivity contribution in [2.24, 2.45) is 0 Å². The lowest BCUT2D eigenvalue weighted by Gasteiger charge is -2.08. The molecule has 8 heteroatoms. The molecule has 0 unspecified atom stereocenters. The van der Waals surface area contributed by atoms with Gasteiger partial charge >= 0.3 is 0 Å². The monoisotopic (exact) mass is 370 g/mol. The fraction of sp³-hybridized carbons (Fsp3) is 0.333. The van der Waals surface area contributed by atoms with Gasteiger partial charge in [-0.1, -0.05) is 11.8 Å². The summed E-state index contributed by atoms with van der Waals surface area (Å²) in [5.74, 6) is 2.37. The molecule has 0 spiro atoms. The summed E-state index contributed by atoms with van der Waals surface area (Å²) < 4.78 is 13.1. The second-order valence-corrected chi connectivity index (χ2v) is 6.99. The maximum Gasteiger partial charge on any atom is 0.197 e. The van der Waals surface area contributed by atoms with Gasteiger partial charge in [0.2, 0.25) is 0 Å². The van der Waals surface area contributed by atoms with E-state index in [1.807, 2.05) is 24.3 Å². The van der Waals surface area contributed by atoms with Crippen molar-refractivity contribution >= 4 is 23.2 Å². The Kier molecular flexibility index (Phi) is 4.50. The number of thioether (sulfide) groups is 1. The predicted molar refractivity (Wildman–Crippen MR) is 97.4 cm³/mol. The Labute approximate surface area is 154 Å².